The number of carbonyl (C=O) groups is 5. The molecule has 4 rings (SSSR count). The van der Waals surface area contributed by atoms with Gasteiger partial charge in [-0.15, -0.1) is 0 Å². The second-order valence-electron chi connectivity index (χ2n) is 11.7. The van der Waals surface area contributed by atoms with E-state index in [1.165, 1.54) is 7.05 Å². The van der Waals surface area contributed by atoms with Crippen molar-refractivity contribution in [2.24, 2.45) is 17.6 Å². The number of likely N-dealkylation sites (N-methyl/N-ethyl adjacent to an activating group) is 1. The van der Waals surface area contributed by atoms with E-state index in [4.69, 9.17) is 10.5 Å². The van der Waals surface area contributed by atoms with Crippen molar-refractivity contribution in [3.63, 3.8) is 0 Å². The maximum atomic E-state index is 14.3. The summed E-state index contributed by atoms with van der Waals surface area (Å²) in [5.74, 6) is -8.85. The van der Waals surface area contributed by atoms with Crippen molar-refractivity contribution in [1.82, 2.24) is 15.1 Å². The Balaban J connectivity index is 1.63. The molecule has 1 aromatic rings. The Morgan fingerprint density at radius 1 is 1.21 bits per heavy atom. The van der Waals surface area contributed by atoms with Crippen molar-refractivity contribution >= 4 is 35.2 Å². The number of primary amides is 1. The molecule has 4 atom stereocenters. The van der Waals surface area contributed by atoms with Crippen LogP contribution in [0.5, 0.6) is 5.75 Å². The second-order valence-corrected chi connectivity index (χ2v) is 11.7. The second kappa shape index (κ2) is 11.6. The molecule has 2 aliphatic heterocycles. The normalized spacial score (nSPS) is 22.9. The van der Waals surface area contributed by atoms with E-state index in [0.29, 0.717) is 18.9 Å². The number of carbonyl (C=O) groups excluding carboxylic acids is 5. The number of nitrogens with one attached hydrogen (secondary N) is 2. The van der Waals surface area contributed by atoms with Gasteiger partial charge in [-0.3, -0.25) is 24.0 Å². The van der Waals surface area contributed by atoms with Crippen LogP contribution < -0.4 is 21.1 Å². The van der Waals surface area contributed by atoms with Gasteiger partial charge in [-0.05, 0) is 24.7 Å². The molecule has 0 radical (unpaired) electrons. The number of nitrogens with zero attached hydrogens (tertiary/aromatic N) is 2. The number of amides is 5. The van der Waals surface area contributed by atoms with Crippen LogP contribution in [0.1, 0.15) is 46.0 Å². The van der Waals surface area contributed by atoms with Crippen LogP contribution in [0.4, 0.5) is 27.6 Å². The van der Waals surface area contributed by atoms with Crippen molar-refractivity contribution in [3.8, 4) is 5.75 Å². The van der Waals surface area contributed by atoms with Gasteiger partial charge >= 0.3 is 12.1 Å². The van der Waals surface area contributed by atoms with E-state index in [-0.39, 0.29) is 30.4 Å². The molecule has 1 spiro atoms. The number of rotatable bonds is 9. The van der Waals surface area contributed by atoms with Gasteiger partial charge in [0.05, 0.1) is 6.54 Å². The lowest BCUT2D eigenvalue weighted by atomic mass is 9.96. The first-order valence-corrected chi connectivity index (χ1v) is 13.7. The standard InChI is InChI=1S/C27H32F5N5O6/c1-12(2)6-17(36(3)22(39)16(7-13-4-5-13)34-25(42)27(30,31)32)23(40)37-11-26(10-18(37)21(33)38)24(41)35-20-15(29)8-14(28)9-19(20)43-26/h8-9,12-13,16-18H,4-7,10-11H2,1-3H3,(H2,33,38)(H,34,42)(H,35,41)/t16-,17-,18-,26+/m0/s1. The fraction of sp³-hybridized carbons (Fsp3) is 0.593. The number of halogens is 5. The molecule has 16 heteroatoms. The van der Waals surface area contributed by atoms with Crippen molar-refractivity contribution in [3.05, 3.63) is 23.8 Å². The van der Waals surface area contributed by atoms with Gasteiger partial charge in [0, 0.05) is 25.6 Å². The summed E-state index contributed by atoms with van der Waals surface area (Å²) in [6.07, 6.45) is -4.46. The Kier molecular flexibility index (Phi) is 8.62. The Morgan fingerprint density at radius 2 is 1.86 bits per heavy atom. The minimum atomic E-state index is -5.24. The minimum absolute atomic E-state index is 0.00820. The molecular formula is C27H32F5N5O6. The summed E-state index contributed by atoms with van der Waals surface area (Å²) < 4.78 is 73.0. The SMILES string of the molecule is CC(C)C[C@@H](C(=O)N1C[C@@]2(C[C@H]1C(N)=O)Oc1cc(F)cc(F)c1NC2=O)N(C)C(=O)[C@H](CC1CC1)NC(=O)C(F)(F)F. The van der Waals surface area contributed by atoms with Crippen molar-refractivity contribution < 1.29 is 50.7 Å². The fourth-order valence-corrected chi connectivity index (χ4v) is 5.44. The highest BCUT2D eigenvalue weighted by Crippen LogP contribution is 2.42. The van der Waals surface area contributed by atoms with Crippen molar-refractivity contribution in [1.29, 1.82) is 0 Å². The number of benzene rings is 1. The highest BCUT2D eigenvalue weighted by molar-refractivity contribution is 6.03. The molecule has 1 aromatic carbocycles. The van der Waals surface area contributed by atoms with E-state index in [0.717, 1.165) is 15.9 Å². The number of alkyl halides is 3. The van der Waals surface area contributed by atoms with Crippen LogP contribution in [0.15, 0.2) is 12.1 Å². The summed E-state index contributed by atoms with van der Waals surface area (Å²) in [6.45, 7) is 2.86. The Bertz CT molecular complexity index is 1340. The van der Waals surface area contributed by atoms with Gasteiger partial charge in [-0.2, -0.15) is 13.2 Å². The van der Waals surface area contributed by atoms with Gasteiger partial charge < -0.3 is 30.9 Å². The molecule has 1 saturated carbocycles. The summed E-state index contributed by atoms with van der Waals surface area (Å²) in [6, 6.07) is -2.99. The molecule has 4 N–H and O–H groups in total. The van der Waals surface area contributed by atoms with E-state index in [2.05, 4.69) is 5.32 Å². The largest absolute Gasteiger partial charge is 0.473 e. The summed E-state index contributed by atoms with van der Waals surface area (Å²) in [7, 11) is 1.20. The molecule has 11 nitrogen and oxygen atoms in total. The van der Waals surface area contributed by atoms with E-state index in [9.17, 15) is 45.9 Å². The molecule has 43 heavy (non-hydrogen) atoms. The molecule has 2 fully saturated rings. The van der Waals surface area contributed by atoms with E-state index < -0.39 is 89.7 Å². The molecule has 5 amide bonds. The smallest absolute Gasteiger partial charge is 0.471 e. The maximum Gasteiger partial charge on any atom is 0.471 e. The van der Waals surface area contributed by atoms with E-state index in [1.807, 2.05) is 0 Å². The Labute approximate surface area is 243 Å². The van der Waals surface area contributed by atoms with Crippen LogP contribution in [-0.4, -0.2) is 82.8 Å². The molecule has 1 aliphatic carbocycles. The van der Waals surface area contributed by atoms with Crippen LogP contribution in [0.25, 0.3) is 0 Å². The highest BCUT2D eigenvalue weighted by Gasteiger charge is 2.58. The Hall–Kier alpha value is -3.98. The van der Waals surface area contributed by atoms with Crippen LogP contribution in [0.2, 0.25) is 0 Å². The predicted octanol–water partition coefficient (Wildman–Crippen LogP) is 1.84. The summed E-state index contributed by atoms with van der Waals surface area (Å²) in [5, 5.41) is 4.02. The zero-order valence-electron chi connectivity index (χ0n) is 23.6. The lowest BCUT2D eigenvalue weighted by molar-refractivity contribution is -0.175. The summed E-state index contributed by atoms with van der Waals surface area (Å²) >= 11 is 0. The van der Waals surface area contributed by atoms with Crippen LogP contribution in [0.3, 0.4) is 0 Å². The van der Waals surface area contributed by atoms with E-state index in [1.54, 1.807) is 19.2 Å². The molecule has 3 aliphatic rings. The van der Waals surface area contributed by atoms with Gasteiger partial charge in [0.15, 0.2) is 11.6 Å². The maximum absolute atomic E-state index is 14.3. The molecule has 0 aromatic heterocycles. The lowest BCUT2D eigenvalue weighted by Gasteiger charge is -2.36. The lowest BCUT2D eigenvalue weighted by Crippen LogP contribution is -2.58. The van der Waals surface area contributed by atoms with Crippen LogP contribution >= 0.6 is 0 Å². The number of fused-ring (bicyclic) bond motifs is 1. The third-order valence-electron chi connectivity index (χ3n) is 7.83. The topological polar surface area (TPSA) is 151 Å². The highest BCUT2D eigenvalue weighted by atomic mass is 19.4. The average molecular weight is 618 g/mol. The van der Waals surface area contributed by atoms with Gasteiger partial charge in [0.1, 0.15) is 29.6 Å². The van der Waals surface area contributed by atoms with Crippen molar-refractivity contribution in [2.75, 3.05) is 18.9 Å². The number of hydrogen-bond acceptors (Lipinski definition) is 6. The summed E-state index contributed by atoms with van der Waals surface area (Å²) in [5.41, 5.74) is 3.18. The third-order valence-corrected chi connectivity index (χ3v) is 7.83. The number of likely N-dealkylation sites (tertiary alicyclic amines) is 1. The first-order valence-electron chi connectivity index (χ1n) is 13.7. The molecule has 236 valence electrons. The number of nitrogens with two attached hydrogens (primary N) is 1. The molecule has 0 bridgehead atoms. The zero-order valence-corrected chi connectivity index (χ0v) is 23.6. The van der Waals surface area contributed by atoms with Gasteiger partial charge in [0.2, 0.25) is 23.3 Å². The van der Waals surface area contributed by atoms with Gasteiger partial charge in [-0.25, -0.2) is 8.78 Å². The minimum Gasteiger partial charge on any atom is -0.473 e. The fourth-order valence-electron chi connectivity index (χ4n) is 5.44. The van der Waals surface area contributed by atoms with E-state index >= 15 is 0 Å². The van der Waals surface area contributed by atoms with Crippen molar-refractivity contribution in [2.45, 2.75) is 75.9 Å². The van der Waals surface area contributed by atoms with Gasteiger partial charge in [0.25, 0.3) is 5.91 Å². The predicted molar refractivity (Wildman–Crippen MR) is 139 cm³/mol. The first kappa shape index (κ1) is 31.9. The summed E-state index contributed by atoms with van der Waals surface area (Å²) in [4.78, 5) is 66.7. The number of ether oxygens (including phenoxy) is 1. The molecule has 0 unspecified atom stereocenters. The molecule has 1 saturated heterocycles. The first-order chi connectivity index (χ1) is 19.9. The number of hydrogen-bond donors (Lipinski definition) is 3. The quantitative estimate of drug-likeness (QED) is 0.360. The molecule has 2 heterocycles. The molecular weight excluding hydrogens is 585 g/mol. The Morgan fingerprint density at radius 3 is 2.42 bits per heavy atom. The monoisotopic (exact) mass is 617 g/mol. The van der Waals surface area contributed by atoms with Gasteiger partial charge in [-0.1, -0.05) is 26.7 Å². The third kappa shape index (κ3) is 6.67. The van der Waals surface area contributed by atoms with Crippen LogP contribution in [0, 0.1) is 23.5 Å². The van der Waals surface area contributed by atoms with Crippen LogP contribution in [-0.2, 0) is 24.0 Å². The average Bonchev–Trinajstić information content (AvgIpc) is 3.63. The zero-order chi connectivity index (χ0) is 32.0. The number of anilines is 1.